The van der Waals surface area contributed by atoms with E-state index >= 15 is 0 Å². The molecule has 3 aromatic heterocycles. The van der Waals surface area contributed by atoms with Crippen molar-refractivity contribution in [3.8, 4) is 0 Å². The van der Waals surface area contributed by atoms with E-state index in [1.807, 2.05) is 19.2 Å². The van der Waals surface area contributed by atoms with Crippen LogP contribution < -0.4 is 0 Å². The van der Waals surface area contributed by atoms with Crippen molar-refractivity contribution < 1.29 is 0 Å². The number of aryl methyl sites for hydroxylation is 1. The van der Waals surface area contributed by atoms with E-state index in [0.717, 1.165) is 29.9 Å². The highest BCUT2D eigenvalue weighted by Crippen LogP contribution is 2.26. The first-order valence-electron chi connectivity index (χ1n) is 9.65. The SMILES string of the molecule is CC1=NCCc2c1[nH]c1ccccc21.Cc1nccc2c1[nH]c1ccccc12. The van der Waals surface area contributed by atoms with Gasteiger partial charge in [0.2, 0.25) is 0 Å². The molecule has 0 spiro atoms. The average Bonchev–Trinajstić information content (AvgIpc) is 3.29. The molecule has 0 amide bonds. The number of H-pyrrole nitrogens is 2. The number of benzene rings is 2. The van der Waals surface area contributed by atoms with E-state index in [9.17, 15) is 0 Å². The Morgan fingerprint density at radius 2 is 1.50 bits per heavy atom. The topological polar surface area (TPSA) is 56.8 Å². The van der Waals surface area contributed by atoms with Gasteiger partial charge in [-0.05, 0) is 44.0 Å². The molecule has 0 bridgehead atoms. The first-order chi connectivity index (χ1) is 13.7. The Bertz CT molecular complexity index is 1340. The highest BCUT2D eigenvalue weighted by Gasteiger charge is 2.15. The molecule has 1 aliphatic rings. The van der Waals surface area contributed by atoms with Crippen LogP contribution in [0.3, 0.4) is 0 Å². The van der Waals surface area contributed by atoms with Crippen molar-refractivity contribution in [2.75, 3.05) is 6.54 Å². The summed E-state index contributed by atoms with van der Waals surface area (Å²) < 4.78 is 0. The maximum absolute atomic E-state index is 4.45. The first kappa shape index (κ1) is 16.8. The molecule has 4 heteroatoms. The fourth-order valence-electron chi connectivity index (χ4n) is 4.09. The predicted octanol–water partition coefficient (Wildman–Crippen LogP) is 5.56. The van der Waals surface area contributed by atoms with Crippen molar-refractivity contribution in [3.05, 3.63) is 77.7 Å². The molecular weight excluding hydrogens is 344 g/mol. The van der Waals surface area contributed by atoms with E-state index in [0.29, 0.717) is 0 Å². The summed E-state index contributed by atoms with van der Waals surface area (Å²) in [6.07, 6.45) is 2.93. The van der Waals surface area contributed by atoms with Gasteiger partial charge in [-0.1, -0.05) is 36.4 Å². The van der Waals surface area contributed by atoms with Crippen LogP contribution in [0.4, 0.5) is 0 Å². The van der Waals surface area contributed by atoms with Gasteiger partial charge in [0.05, 0.1) is 22.6 Å². The van der Waals surface area contributed by atoms with Crippen LogP contribution in [0.1, 0.15) is 23.9 Å². The van der Waals surface area contributed by atoms with Gasteiger partial charge >= 0.3 is 0 Å². The fraction of sp³-hybridized carbons (Fsp3) is 0.167. The molecule has 0 saturated carbocycles. The minimum absolute atomic E-state index is 0.931. The van der Waals surface area contributed by atoms with E-state index < -0.39 is 0 Å². The van der Waals surface area contributed by atoms with Crippen molar-refractivity contribution in [1.29, 1.82) is 0 Å². The number of nitrogens with zero attached hydrogens (tertiary/aromatic N) is 2. The summed E-state index contributed by atoms with van der Waals surface area (Å²) in [4.78, 5) is 15.5. The van der Waals surface area contributed by atoms with Crippen LogP contribution in [0.5, 0.6) is 0 Å². The maximum atomic E-state index is 4.45. The zero-order valence-corrected chi connectivity index (χ0v) is 16.1. The highest BCUT2D eigenvalue weighted by atomic mass is 14.8. The van der Waals surface area contributed by atoms with Gasteiger partial charge < -0.3 is 9.97 Å². The molecule has 0 fully saturated rings. The summed E-state index contributed by atoms with van der Waals surface area (Å²) in [5, 5.41) is 3.89. The van der Waals surface area contributed by atoms with Crippen molar-refractivity contribution in [2.24, 2.45) is 4.99 Å². The monoisotopic (exact) mass is 366 g/mol. The molecule has 5 aromatic rings. The number of hydrogen-bond acceptors (Lipinski definition) is 2. The number of aliphatic imine (C=N–C) groups is 1. The van der Waals surface area contributed by atoms with Crippen LogP contribution in [0, 0.1) is 6.92 Å². The largest absolute Gasteiger partial charge is 0.353 e. The Hall–Kier alpha value is -3.40. The van der Waals surface area contributed by atoms with Gasteiger partial charge in [0.25, 0.3) is 0 Å². The molecule has 4 heterocycles. The summed E-state index contributed by atoms with van der Waals surface area (Å²) >= 11 is 0. The Kier molecular flexibility index (Phi) is 3.97. The summed E-state index contributed by atoms with van der Waals surface area (Å²) in [6, 6.07) is 18.9. The number of aromatic nitrogens is 3. The second-order valence-electron chi connectivity index (χ2n) is 7.23. The minimum atomic E-state index is 0.931. The quantitative estimate of drug-likeness (QED) is 0.370. The van der Waals surface area contributed by atoms with Gasteiger partial charge in [0, 0.05) is 39.9 Å². The molecule has 0 saturated heterocycles. The number of nitrogens with one attached hydrogen (secondary N) is 2. The lowest BCUT2D eigenvalue weighted by molar-refractivity contribution is 0.945. The number of fused-ring (bicyclic) bond motifs is 6. The number of rotatable bonds is 0. The van der Waals surface area contributed by atoms with E-state index in [2.05, 4.69) is 75.4 Å². The van der Waals surface area contributed by atoms with Gasteiger partial charge in [-0.15, -0.1) is 0 Å². The molecule has 2 aromatic carbocycles. The lowest BCUT2D eigenvalue weighted by atomic mass is 10.0. The molecule has 28 heavy (non-hydrogen) atoms. The molecule has 0 aliphatic carbocycles. The van der Waals surface area contributed by atoms with Crippen LogP contribution in [-0.4, -0.2) is 27.2 Å². The van der Waals surface area contributed by atoms with Gasteiger partial charge in [0.15, 0.2) is 0 Å². The Labute approximate surface area is 163 Å². The van der Waals surface area contributed by atoms with Crippen molar-refractivity contribution in [3.63, 3.8) is 0 Å². The second-order valence-corrected chi connectivity index (χ2v) is 7.23. The van der Waals surface area contributed by atoms with Gasteiger partial charge in [-0.25, -0.2) is 0 Å². The number of pyridine rings is 1. The van der Waals surface area contributed by atoms with Crippen molar-refractivity contribution in [1.82, 2.24) is 15.0 Å². The molecule has 138 valence electrons. The molecule has 0 radical (unpaired) electrons. The third-order valence-electron chi connectivity index (χ3n) is 5.50. The average molecular weight is 366 g/mol. The third kappa shape index (κ3) is 2.69. The lowest BCUT2D eigenvalue weighted by Gasteiger charge is -2.08. The molecule has 2 N–H and O–H groups in total. The molecular formula is C24H22N4. The summed E-state index contributed by atoms with van der Waals surface area (Å²) in [6.45, 7) is 5.03. The molecule has 4 nitrogen and oxygen atoms in total. The number of aromatic amines is 2. The summed E-state index contributed by atoms with van der Waals surface area (Å²) in [7, 11) is 0. The summed E-state index contributed by atoms with van der Waals surface area (Å²) in [5.74, 6) is 0. The van der Waals surface area contributed by atoms with E-state index in [-0.39, 0.29) is 0 Å². The third-order valence-corrected chi connectivity index (χ3v) is 5.50. The Morgan fingerprint density at radius 1 is 0.786 bits per heavy atom. The smallest absolute Gasteiger partial charge is 0.0681 e. The zero-order valence-electron chi connectivity index (χ0n) is 16.1. The molecule has 0 unspecified atom stereocenters. The molecule has 6 rings (SSSR count). The zero-order chi connectivity index (χ0) is 19.1. The van der Waals surface area contributed by atoms with Crippen LogP contribution in [0.15, 0.2) is 65.8 Å². The van der Waals surface area contributed by atoms with Gasteiger partial charge in [0.1, 0.15) is 0 Å². The molecule has 1 aliphatic heterocycles. The van der Waals surface area contributed by atoms with Gasteiger partial charge in [-0.2, -0.15) is 0 Å². The van der Waals surface area contributed by atoms with Crippen molar-refractivity contribution in [2.45, 2.75) is 20.3 Å². The second kappa shape index (κ2) is 6.64. The maximum Gasteiger partial charge on any atom is 0.0681 e. The highest BCUT2D eigenvalue weighted by molar-refractivity contribution is 6.07. The number of para-hydroxylation sites is 2. The van der Waals surface area contributed by atoms with Crippen LogP contribution in [0.25, 0.3) is 32.7 Å². The minimum Gasteiger partial charge on any atom is -0.353 e. The van der Waals surface area contributed by atoms with Crippen LogP contribution in [0.2, 0.25) is 0 Å². The Balaban J connectivity index is 0.000000122. The van der Waals surface area contributed by atoms with E-state index in [1.165, 1.54) is 38.4 Å². The van der Waals surface area contributed by atoms with E-state index in [1.54, 1.807) is 0 Å². The number of hydrogen-bond donors (Lipinski definition) is 2. The van der Waals surface area contributed by atoms with Gasteiger partial charge in [-0.3, -0.25) is 9.98 Å². The fourth-order valence-corrected chi connectivity index (χ4v) is 4.09. The normalized spacial score (nSPS) is 13.3. The lowest BCUT2D eigenvalue weighted by Crippen LogP contribution is -2.08. The Morgan fingerprint density at radius 3 is 2.32 bits per heavy atom. The predicted molar refractivity (Wildman–Crippen MR) is 117 cm³/mol. The molecule has 0 atom stereocenters. The standard InChI is InChI=1S/C12H12N2.C12H10N2/c2*1-8-12-10(6-7-13-8)9-4-2-3-5-11(9)14-12/h2-5,14H,6-7H2,1H3;2-7,14H,1H3. The summed E-state index contributed by atoms with van der Waals surface area (Å²) in [5.41, 5.74) is 8.42. The van der Waals surface area contributed by atoms with Crippen LogP contribution in [-0.2, 0) is 6.42 Å². The first-order valence-corrected chi connectivity index (χ1v) is 9.65. The van der Waals surface area contributed by atoms with Crippen molar-refractivity contribution >= 4 is 38.4 Å². The van der Waals surface area contributed by atoms with Crippen LogP contribution >= 0.6 is 0 Å². The van der Waals surface area contributed by atoms with E-state index in [4.69, 9.17) is 0 Å².